The molecule has 2 unspecified atom stereocenters. The Bertz CT molecular complexity index is 351. The molecule has 0 aliphatic carbocycles. The van der Waals surface area contributed by atoms with Crippen LogP contribution in [0.2, 0.25) is 12.1 Å². The average molecular weight is 462 g/mol. The molecule has 5 nitrogen and oxygen atoms in total. The summed E-state index contributed by atoms with van der Waals surface area (Å²) in [6.07, 6.45) is 21.9. The van der Waals surface area contributed by atoms with Crippen LogP contribution in [0.3, 0.4) is 0 Å². The summed E-state index contributed by atoms with van der Waals surface area (Å²) >= 11 is 0. The Morgan fingerprint density at radius 1 is 0.567 bits per heavy atom. The maximum Gasteiger partial charge on any atom is 0.312 e. The third-order valence-corrected chi connectivity index (χ3v) is 11.1. The van der Waals surface area contributed by atoms with Crippen LogP contribution in [0.15, 0.2) is 5.18 Å². The van der Waals surface area contributed by atoms with E-state index in [-0.39, 0.29) is 0 Å². The van der Waals surface area contributed by atoms with Gasteiger partial charge in [0.2, 0.25) is 0 Å². The zero-order valence-electron chi connectivity index (χ0n) is 20.4. The number of rotatable bonds is 25. The Kier molecular flexibility index (Phi) is 25.1. The zero-order chi connectivity index (χ0) is 22.1. The van der Waals surface area contributed by atoms with Crippen molar-refractivity contribution in [3.63, 3.8) is 0 Å². The first-order valence-electron chi connectivity index (χ1n) is 12.8. The summed E-state index contributed by atoms with van der Waals surface area (Å²) in [6, 6.07) is 2.23. The fraction of sp³-hybridized carbons (Fsp3) is 1.00. The van der Waals surface area contributed by atoms with Gasteiger partial charge < -0.3 is 13.0 Å². The number of nitroso groups, excluding NO2 is 1. The van der Waals surface area contributed by atoms with Crippen molar-refractivity contribution in [3.05, 3.63) is 4.91 Å². The Hall–Kier alpha value is -0.0862. The predicted molar refractivity (Wildman–Crippen MR) is 134 cm³/mol. The molecule has 0 aromatic carbocycles. The molecule has 0 saturated heterocycles. The van der Waals surface area contributed by atoms with E-state index in [2.05, 4.69) is 12.1 Å². The standard InChI is InChI=1S/C23H51NO4Si2/c1-4-5-6-7-8-10-13-16-19-22-29(26-2)28-30(27-3)23-20-17-14-11-9-12-15-18-21-24-25/h29-30H,4-23H2,1-3H3. The molecule has 0 fully saturated rings. The minimum absolute atomic E-state index is 0.480. The molecule has 2 atom stereocenters. The first-order chi connectivity index (χ1) is 14.8. The van der Waals surface area contributed by atoms with E-state index in [1.54, 1.807) is 0 Å². The lowest BCUT2D eigenvalue weighted by atomic mass is 10.1. The highest BCUT2D eigenvalue weighted by molar-refractivity contribution is 6.59. The Balaban J connectivity index is 3.61. The van der Waals surface area contributed by atoms with Crippen molar-refractivity contribution in [1.82, 2.24) is 0 Å². The molecule has 0 heterocycles. The molecular formula is C23H51NO4Si2. The highest BCUT2D eigenvalue weighted by atomic mass is 28.4. The van der Waals surface area contributed by atoms with Crippen molar-refractivity contribution < 1.29 is 13.0 Å². The van der Waals surface area contributed by atoms with Gasteiger partial charge in [0.1, 0.15) is 0 Å². The summed E-state index contributed by atoms with van der Waals surface area (Å²) in [5.74, 6) is 0. The van der Waals surface area contributed by atoms with Crippen LogP contribution in [0.5, 0.6) is 0 Å². The third-order valence-electron chi connectivity index (χ3n) is 5.81. The van der Waals surface area contributed by atoms with Gasteiger partial charge in [-0.25, -0.2) is 0 Å². The summed E-state index contributed by atoms with van der Waals surface area (Å²) in [5, 5.41) is 2.91. The number of hydrogen-bond acceptors (Lipinski definition) is 5. The molecule has 0 radical (unpaired) electrons. The van der Waals surface area contributed by atoms with E-state index in [9.17, 15) is 4.91 Å². The SMILES string of the molecule is CCCCCCCCCCC[SiH](OC)O[SiH](CCCCCCCCCCN=O)OC. The Morgan fingerprint density at radius 3 is 1.30 bits per heavy atom. The molecule has 0 bridgehead atoms. The van der Waals surface area contributed by atoms with Crippen molar-refractivity contribution in [2.45, 2.75) is 128 Å². The third kappa shape index (κ3) is 21.2. The van der Waals surface area contributed by atoms with E-state index in [1.165, 1.54) is 96.3 Å². The highest BCUT2D eigenvalue weighted by Gasteiger charge is 2.19. The number of nitrogens with zero attached hydrogens (tertiary/aromatic N) is 1. The summed E-state index contributed by atoms with van der Waals surface area (Å²) in [4.78, 5) is 10.0. The molecule has 0 N–H and O–H groups in total. The molecule has 0 spiro atoms. The second-order valence-electron chi connectivity index (χ2n) is 8.55. The zero-order valence-corrected chi connectivity index (χ0v) is 22.7. The van der Waals surface area contributed by atoms with Gasteiger partial charge in [-0.3, -0.25) is 0 Å². The molecule has 0 aromatic rings. The van der Waals surface area contributed by atoms with E-state index >= 15 is 0 Å². The highest BCUT2D eigenvalue weighted by Crippen LogP contribution is 2.15. The van der Waals surface area contributed by atoms with Gasteiger partial charge in [0.25, 0.3) is 0 Å². The quantitative estimate of drug-likeness (QED) is 0.0822. The van der Waals surface area contributed by atoms with Crippen LogP contribution in [-0.2, 0) is 13.0 Å². The van der Waals surface area contributed by atoms with Gasteiger partial charge in [-0.2, -0.15) is 4.91 Å². The molecule has 0 aliphatic heterocycles. The van der Waals surface area contributed by atoms with E-state index in [4.69, 9.17) is 13.0 Å². The first-order valence-corrected chi connectivity index (χ1v) is 16.3. The van der Waals surface area contributed by atoms with Gasteiger partial charge in [-0.15, -0.1) is 0 Å². The van der Waals surface area contributed by atoms with Gasteiger partial charge in [0, 0.05) is 14.2 Å². The van der Waals surface area contributed by atoms with Crippen molar-refractivity contribution in [1.29, 1.82) is 0 Å². The van der Waals surface area contributed by atoms with Crippen LogP contribution < -0.4 is 0 Å². The lowest BCUT2D eigenvalue weighted by Crippen LogP contribution is -2.32. The molecular weight excluding hydrogens is 410 g/mol. The van der Waals surface area contributed by atoms with Crippen LogP contribution >= 0.6 is 0 Å². The minimum Gasteiger partial charge on any atom is -0.419 e. The van der Waals surface area contributed by atoms with E-state index in [0.29, 0.717) is 6.54 Å². The van der Waals surface area contributed by atoms with Crippen molar-refractivity contribution in [3.8, 4) is 0 Å². The van der Waals surface area contributed by atoms with Gasteiger partial charge in [0.15, 0.2) is 0 Å². The van der Waals surface area contributed by atoms with Crippen LogP contribution in [0, 0.1) is 4.91 Å². The second kappa shape index (κ2) is 25.2. The van der Waals surface area contributed by atoms with Crippen molar-refractivity contribution >= 4 is 18.6 Å². The summed E-state index contributed by atoms with van der Waals surface area (Å²) < 4.78 is 17.7. The van der Waals surface area contributed by atoms with Crippen molar-refractivity contribution in [2.24, 2.45) is 5.18 Å². The lowest BCUT2D eigenvalue weighted by Gasteiger charge is -2.20. The van der Waals surface area contributed by atoms with E-state index in [0.717, 1.165) is 24.9 Å². The lowest BCUT2D eigenvalue weighted by molar-refractivity contribution is 0.275. The smallest absolute Gasteiger partial charge is 0.312 e. The van der Waals surface area contributed by atoms with Crippen LogP contribution in [0.4, 0.5) is 0 Å². The maximum atomic E-state index is 10.0. The van der Waals surface area contributed by atoms with Gasteiger partial charge in [0.05, 0.1) is 6.54 Å². The molecule has 0 saturated carbocycles. The van der Waals surface area contributed by atoms with Crippen LogP contribution in [0.1, 0.15) is 116 Å². The van der Waals surface area contributed by atoms with Crippen LogP contribution in [-0.4, -0.2) is 39.3 Å². The minimum atomic E-state index is -1.55. The molecule has 30 heavy (non-hydrogen) atoms. The summed E-state index contributed by atoms with van der Waals surface area (Å²) in [7, 11) is 0.535. The maximum absolute atomic E-state index is 10.0. The second-order valence-corrected chi connectivity index (χ2v) is 13.5. The molecule has 0 amide bonds. The molecule has 0 aromatic heterocycles. The normalized spacial score (nSPS) is 13.4. The monoisotopic (exact) mass is 461 g/mol. The van der Waals surface area contributed by atoms with E-state index in [1.807, 2.05) is 14.2 Å². The number of unbranched alkanes of at least 4 members (excludes halogenated alkanes) is 15. The fourth-order valence-corrected chi connectivity index (χ4v) is 8.87. The topological polar surface area (TPSA) is 57.1 Å². The van der Waals surface area contributed by atoms with Crippen molar-refractivity contribution in [2.75, 3.05) is 20.8 Å². The molecule has 180 valence electrons. The molecule has 7 heteroatoms. The molecule has 0 aliphatic rings. The Labute approximate surface area is 190 Å². The summed E-state index contributed by atoms with van der Waals surface area (Å²) in [6.45, 7) is 2.75. The predicted octanol–water partition coefficient (Wildman–Crippen LogP) is 7.15. The molecule has 0 rings (SSSR count). The average Bonchev–Trinajstić information content (AvgIpc) is 2.77. The van der Waals surface area contributed by atoms with Gasteiger partial charge in [-0.05, 0) is 18.5 Å². The van der Waals surface area contributed by atoms with E-state index < -0.39 is 18.6 Å². The van der Waals surface area contributed by atoms with Crippen LogP contribution in [0.25, 0.3) is 0 Å². The fourth-order valence-electron chi connectivity index (χ4n) is 3.82. The van der Waals surface area contributed by atoms with Gasteiger partial charge in [-0.1, -0.05) is 115 Å². The van der Waals surface area contributed by atoms with Gasteiger partial charge >= 0.3 is 18.6 Å². The summed E-state index contributed by atoms with van der Waals surface area (Å²) in [5.41, 5.74) is 0. The Morgan fingerprint density at radius 2 is 0.933 bits per heavy atom. The number of hydrogen-bond donors (Lipinski definition) is 0. The largest absolute Gasteiger partial charge is 0.419 e. The first kappa shape index (κ1) is 29.9.